The molecule has 1 aliphatic rings. The zero-order valence-corrected chi connectivity index (χ0v) is 14.1. The Labute approximate surface area is 143 Å². The summed E-state index contributed by atoms with van der Waals surface area (Å²) in [4.78, 5) is 16.7. The van der Waals surface area contributed by atoms with Gasteiger partial charge >= 0.3 is 0 Å². The number of benzene rings is 2. The Bertz CT molecular complexity index is 664. The van der Waals surface area contributed by atoms with Crippen LogP contribution in [0.25, 0.3) is 0 Å². The van der Waals surface area contributed by atoms with Gasteiger partial charge in [0.25, 0.3) is 0 Å². The van der Waals surface area contributed by atoms with Crippen molar-refractivity contribution in [2.24, 2.45) is 0 Å². The number of aryl methyl sites for hydroxylation is 1. The second-order valence-corrected chi connectivity index (χ2v) is 6.05. The van der Waals surface area contributed by atoms with E-state index in [0.29, 0.717) is 6.42 Å². The second-order valence-electron chi connectivity index (χ2n) is 6.05. The van der Waals surface area contributed by atoms with E-state index >= 15 is 0 Å². The van der Waals surface area contributed by atoms with Gasteiger partial charge in [0, 0.05) is 44.4 Å². The molecule has 3 rings (SSSR count). The maximum atomic E-state index is 12.4. The van der Waals surface area contributed by atoms with Crippen molar-refractivity contribution in [2.45, 2.75) is 12.8 Å². The van der Waals surface area contributed by atoms with Crippen LogP contribution in [0.1, 0.15) is 12.0 Å². The number of carbonyl (C=O) groups is 1. The molecule has 1 fully saturated rings. The fourth-order valence-electron chi connectivity index (χ4n) is 3.08. The van der Waals surface area contributed by atoms with Gasteiger partial charge in [-0.05, 0) is 24.1 Å². The Kier molecular flexibility index (Phi) is 5.36. The highest BCUT2D eigenvalue weighted by Gasteiger charge is 2.21. The van der Waals surface area contributed by atoms with Crippen LogP contribution in [-0.4, -0.2) is 44.1 Å². The van der Waals surface area contributed by atoms with Crippen molar-refractivity contribution in [1.29, 1.82) is 0 Å². The molecule has 2 aromatic rings. The molecule has 0 aromatic heterocycles. The summed E-state index contributed by atoms with van der Waals surface area (Å²) in [5.41, 5.74) is 2.38. The Balaban J connectivity index is 1.50. The van der Waals surface area contributed by atoms with Crippen molar-refractivity contribution in [3.05, 3.63) is 60.2 Å². The minimum atomic E-state index is 0.254. The molecule has 1 heterocycles. The minimum Gasteiger partial charge on any atom is -0.497 e. The fourth-order valence-corrected chi connectivity index (χ4v) is 3.08. The maximum absolute atomic E-state index is 12.4. The first-order valence-corrected chi connectivity index (χ1v) is 8.47. The van der Waals surface area contributed by atoms with Crippen LogP contribution in [0.3, 0.4) is 0 Å². The minimum absolute atomic E-state index is 0.254. The van der Waals surface area contributed by atoms with Crippen LogP contribution in [0.4, 0.5) is 5.69 Å². The predicted octanol–water partition coefficient (Wildman–Crippen LogP) is 2.98. The van der Waals surface area contributed by atoms with Crippen molar-refractivity contribution in [1.82, 2.24) is 4.90 Å². The van der Waals surface area contributed by atoms with E-state index in [0.717, 1.165) is 44.0 Å². The summed E-state index contributed by atoms with van der Waals surface area (Å²) >= 11 is 0. The van der Waals surface area contributed by atoms with E-state index in [2.05, 4.69) is 23.1 Å². The molecule has 0 aliphatic carbocycles. The van der Waals surface area contributed by atoms with Crippen LogP contribution in [0.2, 0.25) is 0 Å². The molecule has 4 heteroatoms. The molecule has 2 aromatic carbocycles. The topological polar surface area (TPSA) is 32.8 Å². The fraction of sp³-hybridized carbons (Fsp3) is 0.350. The van der Waals surface area contributed by atoms with Gasteiger partial charge in [0.1, 0.15) is 5.75 Å². The first-order chi connectivity index (χ1) is 11.8. The van der Waals surface area contributed by atoms with Gasteiger partial charge in [-0.1, -0.05) is 36.4 Å². The van der Waals surface area contributed by atoms with Crippen LogP contribution < -0.4 is 9.64 Å². The first-order valence-electron chi connectivity index (χ1n) is 8.47. The Morgan fingerprint density at radius 3 is 2.46 bits per heavy atom. The third kappa shape index (κ3) is 4.07. The third-order valence-electron chi connectivity index (χ3n) is 4.52. The molecule has 0 bridgehead atoms. The lowest BCUT2D eigenvalue weighted by Gasteiger charge is -2.36. The summed E-state index contributed by atoms with van der Waals surface area (Å²) in [6, 6.07) is 18.3. The molecule has 0 atom stereocenters. The van der Waals surface area contributed by atoms with Gasteiger partial charge in [-0.15, -0.1) is 0 Å². The van der Waals surface area contributed by atoms with E-state index in [1.807, 2.05) is 41.3 Å². The largest absolute Gasteiger partial charge is 0.497 e. The number of ether oxygens (including phenoxy) is 1. The number of amides is 1. The molecule has 0 N–H and O–H groups in total. The van der Waals surface area contributed by atoms with Gasteiger partial charge in [0.05, 0.1) is 7.11 Å². The molecule has 1 amide bonds. The highest BCUT2D eigenvalue weighted by molar-refractivity contribution is 5.76. The summed E-state index contributed by atoms with van der Waals surface area (Å²) in [5.74, 6) is 1.12. The van der Waals surface area contributed by atoms with Crippen LogP contribution in [0, 0.1) is 0 Å². The third-order valence-corrected chi connectivity index (χ3v) is 4.52. The molecule has 126 valence electrons. The normalized spacial score (nSPS) is 14.5. The van der Waals surface area contributed by atoms with Crippen LogP contribution in [-0.2, 0) is 11.2 Å². The van der Waals surface area contributed by atoms with E-state index in [-0.39, 0.29) is 5.91 Å². The molecule has 0 spiro atoms. The highest BCUT2D eigenvalue weighted by atomic mass is 16.5. The quantitative estimate of drug-likeness (QED) is 0.848. The number of methoxy groups -OCH3 is 1. The number of piperazine rings is 1. The summed E-state index contributed by atoms with van der Waals surface area (Å²) in [6.45, 7) is 3.30. The molecule has 1 saturated heterocycles. The molecule has 24 heavy (non-hydrogen) atoms. The molecular weight excluding hydrogens is 300 g/mol. The Hall–Kier alpha value is -2.49. The van der Waals surface area contributed by atoms with Crippen LogP contribution in [0.5, 0.6) is 5.75 Å². The van der Waals surface area contributed by atoms with Crippen molar-refractivity contribution in [3.8, 4) is 5.75 Å². The van der Waals surface area contributed by atoms with Gasteiger partial charge < -0.3 is 14.5 Å². The lowest BCUT2D eigenvalue weighted by molar-refractivity contribution is -0.131. The summed E-state index contributed by atoms with van der Waals surface area (Å²) < 4.78 is 5.29. The van der Waals surface area contributed by atoms with Gasteiger partial charge in [0.15, 0.2) is 0 Å². The summed E-state index contributed by atoms with van der Waals surface area (Å²) in [7, 11) is 1.68. The van der Waals surface area contributed by atoms with E-state index in [9.17, 15) is 4.79 Å². The van der Waals surface area contributed by atoms with E-state index in [1.54, 1.807) is 7.11 Å². The van der Waals surface area contributed by atoms with Gasteiger partial charge in [-0.25, -0.2) is 0 Å². The number of nitrogens with zero attached hydrogens (tertiary/aromatic N) is 2. The smallest absolute Gasteiger partial charge is 0.223 e. The standard InChI is InChI=1S/C20H24N2O2/c1-24-19-9-5-8-18(16-19)21-12-14-22(15-13-21)20(23)11-10-17-6-3-2-4-7-17/h2-9,16H,10-15H2,1H3. The SMILES string of the molecule is COc1cccc(N2CCN(C(=O)CCc3ccccc3)CC2)c1. The number of hydrogen-bond acceptors (Lipinski definition) is 3. The number of carbonyl (C=O) groups excluding carboxylic acids is 1. The van der Waals surface area contributed by atoms with E-state index in [1.165, 1.54) is 5.56 Å². The second kappa shape index (κ2) is 7.86. The predicted molar refractivity (Wildman–Crippen MR) is 96.6 cm³/mol. The average molecular weight is 324 g/mol. The monoisotopic (exact) mass is 324 g/mol. The molecular formula is C20H24N2O2. The van der Waals surface area contributed by atoms with Crippen molar-refractivity contribution in [3.63, 3.8) is 0 Å². The van der Waals surface area contributed by atoms with Crippen LogP contribution in [0.15, 0.2) is 54.6 Å². The molecule has 0 saturated carbocycles. The maximum Gasteiger partial charge on any atom is 0.223 e. The highest BCUT2D eigenvalue weighted by Crippen LogP contribution is 2.22. The summed E-state index contributed by atoms with van der Waals surface area (Å²) in [5, 5.41) is 0. The summed E-state index contributed by atoms with van der Waals surface area (Å²) in [6.07, 6.45) is 1.40. The zero-order chi connectivity index (χ0) is 16.8. The molecule has 0 unspecified atom stereocenters. The lowest BCUT2D eigenvalue weighted by Crippen LogP contribution is -2.48. The van der Waals surface area contributed by atoms with Gasteiger partial charge in [0.2, 0.25) is 5.91 Å². The Morgan fingerprint density at radius 1 is 1.00 bits per heavy atom. The van der Waals surface area contributed by atoms with E-state index < -0.39 is 0 Å². The number of anilines is 1. The lowest BCUT2D eigenvalue weighted by atomic mass is 10.1. The Morgan fingerprint density at radius 2 is 1.75 bits per heavy atom. The number of hydrogen-bond donors (Lipinski definition) is 0. The van der Waals surface area contributed by atoms with Crippen molar-refractivity contribution < 1.29 is 9.53 Å². The van der Waals surface area contributed by atoms with Crippen molar-refractivity contribution >= 4 is 11.6 Å². The average Bonchev–Trinajstić information content (AvgIpc) is 2.67. The molecule has 0 radical (unpaired) electrons. The molecule has 1 aliphatic heterocycles. The zero-order valence-electron chi connectivity index (χ0n) is 14.1. The van der Waals surface area contributed by atoms with Gasteiger partial charge in [-0.2, -0.15) is 0 Å². The van der Waals surface area contributed by atoms with E-state index in [4.69, 9.17) is 4.74 Å². The van der Waals surface area contributed by atoms with Gasteiger partial charge in [-0.3, -0.25) is 4.79 Å². The number of rotatable bonds is 5. The first kappa shape index (κ1) is 16.4. The van der Waals surface area contributed by atoms with Crippen LogP contribution >= 0.6 is 0 Å². The molecule has 4 nitrogen and oxygen atoms in total. The van der Waals surface area contributed by atoms with Crippen molar-refractivity contribution in [2.75, 3.05) is 38.2 Å².